The summed E-state index contributed by atoms with van der Waals surface area (Å²) in [6, 6.07) is 12.1. The van der Waals surface area contributed by atoms with Crippen LogP contribution in [0.4, 0.5) is 11.4 Å². The number of benzene rings is 2. The van der Waals surface area contributed by atoms with Crippen molar-refractivity contribution in [3.8, 4) is 5.75 Å². The number of rotatable bonds is 7. The van der Waals surface area contributed by atoms with E-state index in [-0.39, 0.29) is 23.1 Å². The molecule has 8 heteroatoms. The Labute approximate surface area is 160 Å². The lowest BCUT2D eigenvalue weighted by molar-refractivity contribution is -0.114. The van der Waals surface area contributed by atoms with Crippen LogP contribution in [0.5, 0.6) is 5.75 Å². The van der Waals surface area contributed by atoms with Gasteiger partial charge in [-0.15, -0.1) is 0 Å². The van der Waals surface area contributed by atoms with Crippen LogP contribution in [0.25, 0.3) is 0 Å². The second-order valence-corrected chi connectivity index (χ2v) is 8.41. The maximum Gasteiger partial charge on any atom is 0.243 e. The Hall–Kier alpha value is -2.58. The molecule has 2 aromatic rings. The molecule has 0 bridgehead atoms. The lowest BCUT2D eigenvalue weighted by atomic mass is 10.2. The zero-order valence-corrected chi connectivity index (χ0v) is 17.0. The highest BCUT2D eigenvalue weighted by Gasteiger charge is 2.22. The molecule has 0 radical (unpaired) electrons. The molecule has 0 heterocycles. The van der Waals surface area contributed by atoms with Crippen molar-refractivity contribution in [1.29, 1.82) is 0 Å². The first-order chi connectivity index (χ1) is 12.6. The largest absolute Gasteiger partial charge is 0.495 e. The number of carbonyl (C=O) groups excluding carboxylic acids is 1. The summed E-state index contributed by atoms with van der Waals surface area (Å²) in [4.78, 5) is 13.3. The van der Waals surface area contributed by atoms with E-state index in [1.807, 2.05) is 43.3 Å². The van der Waals surface area contributed by atoms with E-state index in [0.29, 0.717) is 5.69 Å². The molecule has 0 unspecified atom stereocenters. The maximum absolute atomic E-state index is 12.9. The molecule has 0 aliphatic heterocycles. The van der Waals surface area contributed by atoms with E-state index in [4.69, 9.17) is 4.74 Å². The van der Waals surface area contributed by atoms with Crippen LogP contribution in [0.2, 0.25) is 0 Å². The average molecular weight is 391 g/mol. The van der Waals surface area contributed by atoms with Gasteiger partial charge in [-0.05, 0) is 29.8 Å². The van der Waals surface area contributed by atoms with Gasteiger partial charge in [0.2, 0.25) is 15.9 Å². The summed E-state index contributed by atoms with van der Waals surface area (Å²) in [5.74, 6) is 0.0252. The fourth-order valence-electron chi connectivity index (χ4n) is 2.55. The molecule has 0 spiro atoms. The van der Waals surface area contributed by atoms with Crippen molar-refractivity contribution in [2.24, 2.45) is 0 Å². The van der Waals surface area contributed by atoms with E-state index in [1.165, 1.54) is 43.6 Å². The number of hydrogen-bond donors (Lipinski definition) is 1. The van der Waals surface area contributed by atoms with Gasteiger partial charge in [-0.25, -0.2) is 8.42 Å². The monoisotopic (exact) mass is 391 g/mol. The summed E-state index contributed by atoms with van der Waals surface area (Å²) in [6.45, 7) is 1.62. The Kier molecular flexibility index (Phi) is 6.45. The number of nitrogens with zero attached hydrogens (tertiary/aromatic N) is 2. The van der Waals surface area contributed by atoms with Gasteiger partial charge in [0, 0.05) is 46.4 Å². The molecule has 1 N–H and O–H groups in total. The number of sulfonamides is 1. The topological polar surface area (TPSA) is 79.0 Å². The molecule has 7 nitrogen and oxygen atoms in total. The van der Waals surface area contributed by atoms with E-state index < -0.39 is 10.0 Å². The average Bonchev–Trinajstić information content (AvgIpc) is 2.61. The van der Waals surface area contributed by atoms with E-state index in [0.717, 1.165) is 11.3 Å². The molecule has 27 heavy (non-hydrogen) atoms. The van der Waals surface area contributed by atoms with Gasteiger partial charge in [-0.2, -0.15) is 4.31 Å². The van der Waals surface area contributed by atoms with E-state index in [1.54, 1.807) is 0 Å². The molecule has 0 fully saturated rings. The van der Waals surface area contributed by atoms with Crippen LogP contribution in [0.3, 0.4) is 0 Å². The number of nitrogens with one attached hydrogen (secondary N) is 1. The standard InChI is InChI=1S/C19H25N3O4S/c1-14(23)20-18-11-10-17(12-19(18)26-5)27(24,25)22(4)13-15-6-8-16(9-7-15)21(2)3/h6-12H,13H2,1-5H3,(H,20,23). The van der Waals surface area contributed by atoms with Crippen molar-refractivity contribution >= 4 is 27.3 Å². The van der Waals surface area contributed by atoms with E-state index >= 15 is 0 Å². The van der Waals surface area contributed by atoms with Gasteiger partial charge in [0.25, 0.3) is 0 Å². The third-order valence-electron chi connectivity index (χ3n) is 4.05. The van der Waals surface area contributed by atoms with Crippen LogP contribution in [-0.4, -0.2) is 46.9 Å². The van der Waals surface area contributed by atoms with Crippen LogP contribution in [-0.2, 0) is 21.4 Å². The first-order valence-electron chi connectivity index (χ1n) is 8.33. The molecule has 0 saturated heterocycles. The molecular weight excluding hydrogens is 366 g/mol. The Bertz CT molecular complexity index is 909. The van der Waals surface area contributed by atoms with Gasteiger partial charge < -0.3 is 15.0 Å². The highest BCUT2D eigenvalue weighted by molar-refractivity contribution is 7.89. The van der Waals surface area contributed by atoms with Gasteiger partial charge >= 0.3 is 0 Å². The highest BCUT2D eigenvalue weighted by Crippen LogP contribution is 2.29. The summed E-state index contributed by atoms with van der Waals surface area (Å²) < 4.78 is 32.3. The number of amides is 1. The van der Waals surface area contributed by atoms with Crippen molar-refractivity contribution in [2.75, 3.05) is 38.5 Å². The van der Waals surface area contributed by atoms with Crippen LogP contribution < -0.4 is 15.0 Å². The van der Waals surface area contributed by atoms with Crippen molar-refractivity contribution in [3.05, 3.63) is 48.0 Å². The minimum atomic E-state index is -3.71. The summed E-state index contributed by atoms with van der Waals surface area (Å²) in [6.07, 6.45) is 0. The molecule has 0 aliphatic rings. The minimum Gasteiger partial charge on any atom is -0.495 e. The molecule has 2 aromatic carbocycles. The Balaban J connectivity index is 2.24. The van der Waals surface area contributed by atoms with Gasteiger partial charge in [0.05, 0.1) is 17.7 Å². The number of carbonyl (C=O) groups is 1. The predicted octanol–water partition coefficient (Wildman–Crippen LogP) is 2.54. The quantitative estimate of drug-likeness (QED) is 0.785. The molecular formula is C19H25N3O4S. The van der Waals surface area contributed by atoms with E-state index in [2.05, 4.69) is 5.32 Å². The summed E-state index contributed by atoms with van der Waals surface area (Å²) in [5.41, 5.74) is 2.35. The van der Waals surface area contributed by atoms with Crippen LogP contribution in [0, 0.1) is 0 Å². The summed E-state index contributed by atoms with van der Waals surface area (Å²) >= 11 is 0. The zero-order chi connectivity index (χ0) is 20.2. The van der Waals surface area contributed by atoms with Crippen LogP contribution >= 0.6 is 0 Å². The number of methoxy groups -OCH3 is 1. The van der Waals surface area contributed by atoms with E-state index in [9.17, 15) is 13.2 Å². The number of hydrogen-bond acceptors (Lipinski definition) is 5. The van der Waals surface area contributed by atoms with Gasteiger partial charge in [0.1, 0.15) is 5.75 Å². The molecule has 0 saturated carbocycles. The molecule has 0 aliphatic carbocycles. The fourth-order valence-corrected chi connectivity index (χ4v) is 3.72. The summed E-state index contributed by atoms with van der Waals surface area (Å²) in [7, 11) is 3.14. The van der Waals surface area contributed by atoms with Crippen LogP contribution in [0.15, 0.2) is 47.4 Å². The summed E-state index contributed by atoms with van der Waals surface area (Å²) in [5, 5.41) is 2.61. The van der Waals surface area contributed by atoms with Gasteiger partial charge in [0.15, 0.2) is 0 Å². The van der Waals surface area contributed by atoms with Crippen LogP contribution in [0.1, 0.15) is 12.5 Å². The second kappa shape index (κ2) is 8.41. The third-order valence-corrected chi connectivity index (χ3v) is 5.85. The normalized spacial score (nSPS) is 11.3. The lowest BCUT2D eigenvalue weighted by Gasteiger charge is -2.19. The number of ether oxygens (including phenoxy) is 1. The first-order valence-corrected chi connectivity index (χ1v) is 9.77. The Morgan fingerprint density at radius 1 is 1.07 bits per heavy atom. The minimum absolute atomic E-state index is 0.0980. The van der Waals surface area contributed by atoms with Crippen molar-refractivity contribution in [3.63, 3.8) is 0 Å². The first kappa shape index (κ1) is 20.7. The van der Waals surface area contributed by atoms with Gasteiger partial charge in [-0.3, -0.25) is 4.79 Å². The van der Waals surface area contributed by atoms with Crippen molar-refractivity contribution < 1.29 is 17.9 Å². The fraction of sp³-hybridized carbons (Fsp3) is 0.316. The SMILES string of the molecule is COc1cc(S(=O)(=O)N(C)Cc2ccc(N(C)C)cc2)ccc1NC(C)=O. The lowest BCUT2D eigenvalue weighted by Crippen LogP contribution is -2.26. The van der Waals surface area contributed by atoms with Crippen molar-refractivity contribution in [2.45, 2.75) is 18.4 Å². The Morgan fingerprint density at radius 3 is 2.22 bits per heavy atom. The molecule has 0 aromatic heterocycles. The highest BCUT2D eigenvalue weighted by atomic mass is 32.2. The maximum atomic E-state index is 12.9. The number of anilines is 2. The smallest absolute Gasteiger partial charge is 0.243 e. The zero-order valence-electron chi connectivity index (χ0n) is 16.2. The molecule has 1 amide bonds. The van der Waals surface area contributed by atoms with Crippen molar-refractivity contribution in [1.82, 2.24) is 4.31 Å². The third kappa shape index (κ3) is 4.99. The molecule has 0 atom stereocenters. The predicted molar refractivity (Wildman–Crippen MR) is 107 cm³/mol. The van der Waals surface area contributed by atoms with Gasteiger partial charge in [-0.1, -0.05) is 12.1 Å². The Morgan fingerprint density at radius 2 is 1.70 bits per heavy atom. The second-order valence-electron chi connectivity index (χ2n) is 6.37. The molecule has 146 valence electrons. The molecule has 2 rings (SSSR count).